The zero-order valence-electron chi connectivity index (χ0n) is 30.3. The van der Waals surface area contributed by atoms with E-state index in [1.807, 2.05) is 12.1 Å². The second-order valence-electron chi connectivity index (χ2n) is 13.5. The van der Waals surface area contributed by atoms with Crippen molar-refractivity contribution in [2.45, 2.75) is 103 Å². The quantitative estimate of drug-likeness (QED) is 0.0830. The predicted molar refractivity (Wildman–Crippen MR) is 195 cm³/mol. The van der Waals surface area contributed by atoms with Gasteiger partial charge in [0.2, 0.25) is 35.4 Å². The molecule has 6 atom stereocenters. The molecule has 0 saturated carbocycles. The summed E-state index contributed by atoms with van der Waals surface area (Å²) in [6, 6.07) is 11.9. The molecular weight excluding hydrogens is 652 g/mol. The third-order valence-corrected chi connectivity index (χ3v) is 8.42. The molecule has 0 saturated heterocycles. The van der Waals surface area contributed by atoms with E-state index in [2.05, 4.69) is 26.6 Å². The van der Waals surface area contributed by atoms with Crippen LogP contribution >= 0.6 is 0 Å². The van der Waals surface area contributed by atoms with Crippen LogP contribution in [0.25, 0.3) is 0 Å². The summed E-state index contributed by atoms with van der Waals surface area (Å²) in [4.78, 5) is 79.2. The molecule has 51 heavy (non-hydrogen) atoms. The van der Waals surface area contributed by atoms with Crippen molar-refractivity contribution in [2.75, 3.05) is 6.54 Å². The van der Waals surface area contributed by atoms with Crippen molar-refractivity contribution in [3.05, 3.63) is 71.8 Å². The number of amides is 6. The Morgan fingerprint density at radius 1 is 0.569 bits per heavy atom. The molecule has 0 heterocycles. The van der Waals surface area contributed by atoms with Crippen LogP contribution < -0.4 is 43.8 Å². The molecule has 0 radical (unpaired) electrons. The molecule has 2 aromatic carbocycles. The minimum absolute atomic E-state index is 0.0707. The Balaban J connectivity index is 2.31. The van der Waals surface area contributed by atoms with Crippen LogP contribution in [0, 0.1) is 11.8 Å². The highest BCUT2D eigenvalue weighted by molar-refractivity contribution is 5.96. The minimum Gasteiger partial charge on any atom is -0.368 e. The summed E-state index contributed by atoms with van der Waals surface area (Å²) in [6.45, 7) is 8.94. The average Bonchev–Trinajstić information content (AvgIpc) is 3.09. The maximum Gasteiger partial charge on any atom is 0.243 e. The van der Waals surface area contributed by atoms with Gasteiger partial charge >= 0.3 is 0 Å². The number of carbonyl (C=O) groups excluding carboxylic acids is 6. The summed E-state index contributed by atoms with van der Waals surface area (Å²) in [5, 5.41) is 13.6. The summed E-state index contributed by atoms with van der Waals surface area (Å²) >= 11 is 0. The maximum absolute atomic E-state index is 13.9. The SMILES string of the molecule is CC(C)[C@@H](NC(=O)[C@H](N)CCCCN)C(=O)N[C@@H](C(=O)N[C@H](Cc1ccccc1)C(=O)N[C@H](Cc1ccccc1)C(=O)N[C@H](C)C(N)=O)C(C)C. The van der Waals surface area contributed by atoms with Gasteiger partial charge in [-0.25, -0.2) is 0 Å². The first-order valence-electron chi connectivity index (χ1n) is 17.5. The first kappa shape index (κ1) is 42.3. The van der Waals surface area contributed by atoms with Gasteiger partial charge in [0.1, 0.15) is 30.2 Å². The lowest BCUT2D eigenvalue weighted by molar-refractivity contribution is -0.136. The lowest BCUT2D eigenvalue weighted by atomic mass is 9.98. The lowest BCUT2D eigenvalue weighted by Gasteiger charge is -2.29. The molecule has 2 aromatic rings. The summed E-state index contributed by atoms with van der Waals surface area (Å²) in [7, 11) is 0. The zero-order valence-corrected chi connectivity index (χ0v) is 30.3. The van der Waals surface area contributed by atoms with E-state index in [1.165, 1.54) is 6.92 Å². The number of nitrogens with two attached hydrogens (primary N) is 3. The zero-order chi connectivity index (χ0) is 38.1. The molecule has 0 spiro atoms. The van der Waals surface area contributed by atoms with Crippen LogP contribution in [0.2, 0.25) is 0 Å². The molecule has 0 aliphatic heterocycles. The van der Waals surface area contributed by atoms with Crippen molar-refractivity contribution in [1.82, 2.24) is 26.6 Å². The largest absolute Gasteiger partial charge is 0.368 e. The van der Waals surface area contributed by atoms with Crippen molar-refractivity contribution in [3.8, 4) is 0 Å². The molecule has 11 N–H and O–H groups in total. The van der Waals surface area contributed by atoms with E-state index < -0.39 is 77.6 Å². The highest BCUT2D eigenvalue weighted by Crippen LogP contribution is 2.11. The highest BCUT2D eigenvalue weighted by atomic mass is 16.2. The summed E-state index contributed by atoms with van der Waals surface area (Å²) < 4.78 is 0. The molecule has 0 bridgehead atoms. The second-order valence-corrected chi connectivity index (χ2v) is 13.5. The van der Waals surface area contributed by atoms with Gasteiger partial charge in [-0.3, -0.25) is 28.8 Å². The Morgan fingerprint density at radius 3 is 1.41 bits per heavy atom. The van der Waals surface area contributed by atoms with Gasteiger partial charge in [0.15, 0.2) is 0 Å². The van der Waals surface area contributed by atoms with Crippen molar-refractivity contribution < 1.29 is 28.8 Å². The van der Waals surface area contributed by atoms with Gasteiger partial charge in [0.05, 0.1) is 6.04 Å². The topological polar surface area (TPSA) is 241 Å². The van der Waals surface area contributed by atoms with Crippen molar-refractivity contribution in [1.29, 1.82) is 0 Å². The van der Waals surface area contributed by atoms with Crippen LogP contribution in [0.5, 0.6) is 0 Å². The summed E-state index contributed by atoms with van der Waals surface area (Å²) in [5.41, 5.74) is 18.4. The number of hydrogen-bond acceptors (Lipinski definition) is 8. The van der Waals surface area contributed by atoms with Gasteiger partial charge in [-0.2, -0.15) is 0 Å². The molecule has 2 rings (SSSR count). The minimum atomic E-state index is -1.16. The average molecular weight is 709 g/mol. The molecular formula is C37H56N8O6. The number of unbranched alkanes of at least 4 members (excludes halogenated alkanes) is 1. The molecule has 14 heteroatoms. The molecule has 280 valence electrons. The van der Waals surface area contributed by atoms with Crippen molar-refractivity contribution in [2.24, 2.45) is 29.0 Å². The maximum atomic E-state index is 13.9. The molecule has 6 amide bonds. The second kappa shape index (κ2) is 21.4. The van der Waals surface area contributed by atoms with E-state index in [0.717, 1.165) is 17.5 Å². The van der Waals surface area contributed by atoms with Crippen molar-refractivity contribution in [3.63, 3.8) is 0 Å². The van der Waals surface area contributed by atoms with Gasteiger partial charge in [-0.1, -0.05) is 94.8 Å². The molecule has 0 aliphatic rings. The lowest BCUT2D eigenvalue weighted by Crippen LogP contribution is -2.61. The smallest absolute Gasteiger partial charge is 0.243 e. The molecule has 0 unspecified atom stereocenters. The Bertz CT molecular complexity index is 1440. The van der Waals surface area contributed by atoms with E-state index in [1.54, 1.807) is 76.2 Å². The van der Waals surface area contributed by atoms with Gasteiger partial charge in [-0.05, 0) is 49.3 Å². The first-order chi connectivity index (χ1) is 24.1. The Hall–Kier alpha value is -4.82. The van der Waals surface area contributed by atoms with Gasteiger partial charge in [-0.15, -0.1) is 0 Å². The van der Waals surface area contributed by atoms with Gasteiger partial charge in [0.25, 0.3) is 0 Å². The molecule has 14 nitrogen and oxygen atoms in total. The standard InChI is InChI=1S/C37H56N8O6/c1-22(2)30(45-37(51)31(23(3)4)44-33(47)27(39)18-12-13-19-38)36(50)43-29(21-26-16-10-7-11-17-26)35(49)42-28(20-25-14-8-6-9-15-25)34(48)41-24(5)32(40)46/h6-11,14-17,22-24,27-31H,12-13,18-21,38-39H2,1-5H3,(H2,40,46)(H,41,48)(H,42,49)(H,43,50)(H,44,47)(H,45,51)/t24-,27-,28-,29-,30-,31-/m1/s1. The molecule has 0 aliphatic carbocycles. The number of nitrogens with one attached hydrogen (secondary N) is 5. The Morgan fingerprint density at radius 2 is 0.980 bits per heavy atom. The predicted octanol–water partition coefficient (Wildman–Crippen LogP) is 0.169. The van der Waals surface area contributed by atoms with Crippen molar-refractivity contribution >= 4 is 35.4 Å². The normalized spacial score (nSPS) is 14.7. The third kappa shape index (κ3) is 14.5. The van der Waals surface area contributed by atoms with Crippen LogP contribution in [0.3, 0.4) is 0 Å². The van der Waals surface area contributed by atoms with Crippen LogP contribution in [0.1, 0.15) is 65.0 Å². The van der Waals surface area contributed by atoms with Crippen LogP contribution in [-0.2, 0) is 41.6 Å². The van der Waals surface area contributed by atoms with E-state index in [4.69, 9.17) is 17.2 Å². The van der Waals surface area contributed by atoms with Crippen LogP contribution in [-0.4, -0.2) is 78.2 Å². The van der Waals surface area contributed by atoms with E-state index >= 15 is 0 Å². The highest BCUT2D eigenvalue weighted by Gasteiger charge is 2.34. The summed E-state index contributed by atoms with van der Waals surface area (Å²) in [5.74, 6) is -4.46. The fourth-order valence-electron chi connectivity index (χ4n) is 5.25. The van der Waals surface area contributed by atoms with Crippen LogP contribution in [0.4, 0.5) is 0 Å². The van der Waals surface area contributed by atoms with Crippen LogP contribution in [0.15, 0.2) is 60.7 Å². The molecule has 0 fully saturated rings. The Labute approximate surface area is 300 Å². The number of benzene rings is 2. The van der Waals surface area contributed by atoms with E-state index in [9.17, 15) is 28.8 Å². The fraction of sp³-hybridized carbons (Fsp3) is 0.514. The third-order valence-electron chi connectivity index (χ3n) is 8.42. The van der Waals surface area contributed by atoms with Gasteiger partial charge < -0.3 is 43.8 Å². The summed E-state index contributed by atoms with van der Waals surface area (Å²) in [6.07, 6.45) is 1.97. The number of hydrogen-bond donors (Lipinski definition) is 8. The Kier molecular flexibility index (Phi) is 17.8. The van der Waals surface area contributed by atoms with Gasteiger partial charge in [0, 0.05) is 12.8 Å². The fourth-order valence-corrected chi connectivity index (χ4v) is 5.25. The van der Waals surface area contributed by atoms with E-state index in [0.29, 0.717) is 19.4 Å². The monoisotopic (exact) mass is 708 g/mol. The number of primary amides is 1. The van der Waals surface area contributed by atoms with E-state index in [-0.39, 0.29) is 18.8 Å². The number of carbonyl (C=O) groups is 6. The molecule has 0 aromatic heterocycles. The number of rotatable bonds is 21. The first-order valence-corrected chi connectivity index (χ1v) is 17.5.